The highest BCUT2D eigenvalue weighted by atomic mass is 32.2. The van der Waals surface area contributed by atoms with Crippen molar-refractivity contribution < 1.29 is 17.6 Å². The van der Waals surface area contributed by atoms with Crippen molar-refractivity contribution in [2.45, 2.75) is 24.7 Å². The number of hydrogen-bond donors (Lipinski definition) is 1. The fourth-order valence-electron chi connectivity index (χ4n) is 2.83. The smallest absolute Gasteiger partial charge is 0.243 e. The Bertz CT molecular complexity index is 866. The summed E-state index contributed by atoms with van der Waals surface area (Å²) in [5.74, 6) is 0.0812. The number of hydrogen-bond acceptors (Lipinski definition) is 5. The van der Waals surface area contributed by atoms with Gasteiger partial charge in [-0.1, -0.05) is 17.7 Å². The molecule has 26 heavy (non-hydrogen) atoms. The van der Waals surface area contributed by atoms with Gasteiger partial charge in [0.05, 0.1) is 17.4 Å². The van der Waals surface area contributed by atoms with Crippen molar-refractivity contribution in [2.24, 2.45) is 11.0 Å². The number of aryl methyl sites for hydroxylation is 1. The van der Waals surface area contributed by atoms with Crippen molar-refractivity contribution in [2.75, 3.05) is 13.1 Å². The summed E-state index contributed by atoms with van der Waals surface area (Å²) in [6, 6.07) is 10.3. The molecule has 1 aliphatic heterocycles. The molecule has 1 saturated heterocycles. The third kappa shape index (κ3) is 4.20. The van der Waals surface area contributed by atoms with E-state index in [4.69, 9.17) is 4.42 Å². The van der Waals surface area contributed by atoms with E-state index in [0.29, 0.717) is 31.7 Å². The second-order valence-electron chi connectivity index (χ2n) is 6.24. The number of piperidine rings is 1. The van der Waals surface area contributed by atoms with Crippen LogP contribution >= 0.6 is 0 Å². The van der Waals surface area contributed by atoms with Crippen LogP contribution in [0.4, 0.5) is 0 Å². The van der Waals surface area contributed by atoms with E-state index in [2.05, 4.69) is 10.5 Å². The van der Waals surface area contributed by atoms with Crippen LogP contribution in [-0.4, -0.2) is 37.9 Å². The minimum absolute atomic E-state index is 0.208. The molecule has 0 spiro atoms. The largest absolute Gasteiger partial charge is 0.463 e. The van der Waals surface area contributed by atoms with E-state index >= 15 is 0 Å². The maximum Gasteiger partial charge on any atom is 0.243 e. The SMILES string of the molecule is Cc1ccc(S(=O)(=O)N2CCC(C(=O)NN=Cc3ccco3)CC2)cc1. The summed E-state index contributed by atoms with van der Waals surface area (Å²) < 4.78 is 31.9. The van der Waals surface area contributed by atoms with Crippen molar-refractivity contribution in [1.82, 2.24) is 9.73 Å². The lowest BCUT2D eigenvalue weighted by Crippen LogP contribution is -2.42. The molecular weight excluding hydrogens is 354 g/mol. The first-order chi connectivity index (χ1) is 12.5. The summed E-state index contributed by atoms with van der Waals surface area (Å²) >= 11 is 0. The second kappa shape index (κ2) is 7.84. The fraction of sp³-hybridized carbons (Fsp3) is 0.333. The molecule has 0 unspecified atom stereocenters. The van der Waals surface area contributed by atoms with Crippen LogP contribution in [0.5, 0.6) is 0 Å². The lowest BCUT2D eigenvalue weighted by molar-refractivity contribution is -0.126. The first-order valence-electron chi connectivity index (χ1n) is 8.40. The first-order valence-corrected chi connectivity index (χ1v) is 9.84. The lowest BCUT2D eigenvalue weighted by Gasteiger charge is -2.30. The maximum atomic E-state index is 12.7. The molecule has 2 heterocycles. The van der Waals surface area contributed by atoms with Gasteiger partial charge < -0.3 is 4.42 Å². The molecule has 0 radical (unpaired) electrons. The standard InChI is InChI=1S/C18H21N3O4S/c1-14-4-6-17(7-5-14)26(23,24)21-10-8-15(9-11-21)18(22)20-19-13-16-3-2-12-25-16/h2-7,12-13,15H,8-11H2,1H3,(H,20,22). The number of furan rings is 1. The van der Waals surface area contributed by atoms with Crippen LogP contribution in [0.15, 0.2) is 57.1 Å². The van der Waals surface area contributed by atoms with Gasteiger partial charge in [-0.25, -0.2) is 13.8 Å². The van der Waals surface area contributed by atoms with E-state index in [1.807, 2.05) is 6.92 Å². The van der Waals surface area contributed by atoms with Gasteiger partial charge in [-0.05, 0) is 44.0 Å². The molecule has 1 aromatic carbocycles. The van der Waals surface area contributed by atoms with Gasteiger partial charge in [-0.2, -0.15) is 9.41 Å². The van der Waals surface area contributed by atoms with Crippen molar-refractivity contribution in [3.8, 4) is 0 Å². The van der Waals surface area contributed by atoms with E-state index < -0.39 is 10.0 Å². The number of amides is 1. The molecule has 1 aliphatic rings. The zero-order chi connectivity index (χ0) is 18.6. The molecule has 138 valence electrons. The predicted octanol–water partition coefficient (Wildman–Crippen LogP) is 2.14. The Hall–Kier alpha value is -2.45. The van der Waals surface area contributed by atoms with Crippen LogP contribution in [0.25, 0.3) is 0 Å². The predicted molar refractivity (Wildman–Crippen MR) is 97.1 cm³/mol. The molecule has 2 aromatic rings. The number of hydrazone groups is 1. The van der Waals surface area contributed by atoms with Crippen LogP contribution in [-0.2, 0) is 14.8 Å². The zero-order valence-corrected chi connectivity index (χ0v) is 15.3. The number of carbonyl (C=O) groups excluding carboxylic acids is 1. The number of nitrogens with one attached hydrogen (secondary N) is 1. The monoisotopic (exact) mass is 375 g/mol. The number of benzene rings is 1. The van der Waals surface area contributed by atoms with Gasteiger partial charge in [0, 0.05) is 19.0 Å². The minimum atomic E-state index is -3.51. The molecule has 1 N–H and O–H groups in total. The summed E-state index contributed by atoms with van der Waals surface area (Å²) in [5, 5.41) is 3.86. The van der Waals surface area contributed by atoms with Gasteiger partial charge in [0.2, 0.25) is 15.9 Å². The van der Waals surface area contributed by atoms with E-state index in [-0.39, 0.29) is 16.7 Å². The summed E-state index contributed by atoms with van der Waals surface area (Å²) in [5.41, 5.74) is 3.49. The van der Waals surface area contributed by atoms with Crippen molar-refractivity contribution in [3.63, 3.8) is 0 Å². The van der Waals surface area contributed by atoms with Gasteiger partial charge in [-0.15, -0.1) is 0 Å². The van der Waals surface area contributed by atoms with Crippen LogP contribution in [0.3, 0.4) is 0 Å². The number of sulfonamides is 1. The summed E-state index contributed by atoms with van der Waals surface area (Å²) in [6.07, 6.45) is 3.88. The average Bonchev–Trinajstić information content (AvgIpc) is 3.15. The fourth-order valence-corrected chi connectivity index (χ4v) is 4.30. The van der Waals surface area contributed by atoms with Crippen LogP contribution in [0.1, 0.15) is 24.2 Å². The molecule has 7 nitrogen and oxygen atoms in total. The Balaban J connectivity index is 1.55. The van der Waals surface area contributed by atoms with Crippen LogP contribution in [0.2, 0.25) is 0 Å². The highest BCUT2D eigenvalue weighted by molar-refractivity contribution is 7.89. The van der Waals surface area contributed by atoms with Crippen molar-refractivity contribution in [1.29, 1.82) is 0 Å². The first kappa shape index (κ1) is 18.3. The molecule has 0 aliphatic carbocycles. The molecule has 3 rings (SSSR count). The molecule has 0 atom stereocenters. The van der Waals surface area contributed by atoms with Crippen molar-refractivity contribution in [3.05, 3.63) is 54.0 Å². The average molecular weight is 375 g/mol. The topological polar surface area (TPSA) is 92.0 Å². The van der Waals surface area contributed by atoms with Crippen molar-refractivity contribution >= 4 is 22.1 Å². The number of rotatable bonds is 5. The van der Waals surface area contributed by atoms with Gasteiger partial charge in [0.15, 0.2) is 0 Å². The van der Waals surface area contributed by atoms with Gasteiger partial charge in [0.1, 0.15) is 5.76 Å². The molecular formula is C18H21N3O4S. The Morgan fingerprint density at radius 2 is 1.92 bits per heavy atom. The normalized spacial score (nSPS) is 16.8. The third-order valence-electron chi connectivity index (χ3n) is 4.39. The molecule has 0 saturated carbocycles. The molecule has 8 heteroatoms. The Labute approximate surface area is 152 Å². The highest BCUT2D eigenvalue weighted by Crippen LogP contribution is 2.24. The van der Waals surface area contributed by atoms with Gasteiger partial charge >= 0.3 is 0 Å². The third-order valence-corrected chi connectivity index (χ3v) is 6.31. The highest BCUT2D eigenvalue weighted by Gasteiger charge is 2.31. The molecule has 1 amide bonds. The summed E-state index contributed by atoms with van der Waals surface area (Å²) in [4.78, 5) is 12.5. The van der Waals surface area contributed by atoms with Gasteiger partial charge in [-0.3, -0.25) is 4.79 Å². The minimum Gasteiger partial charge on any atom is -0.463 e. The Morgan fingerprint density at radius 1 is 1.23 bits per heavy atom. The summed E-state index contributed by atoms with van der Waals surface area (Å²) in [7, 11) is -3.51. The maximum absolute atomic E-state index is 12.7. The molecule has 1 fully saturated rings. The lowest BCUT2D eigenvalue weighted by atomic mass is 9.98. The number of nitrogens with zero attached hydrogens (tertiary/aromatic N) is 2. The zero-order valence-electron chi connectivity index (χ0n) is 14.5. The molecule has 1 aromatic heterocycles. The van der Waals surface area contributed by atoms with E-state index in [9.17, 15) is 13.2 Å². The van der Waals surface area contributed by atoms with Gasteiger partial charge in [0.25, 0.3) is 0 Å². The quantitative estimate of drug-likeness (QED) is 0.640. The van der Waals surface area contributed by atoms with Crippen LogP contribution in [0, 0.1) is 12.8 Å². The summed E-state index contributed by atoms with van der Waals surface area (Å²) in [6.45, 7) is 2.54. The van der Waals surface area contributed by atoms with E-state index in [0.717, 1.165) is 5.56 Å². The Kier molecular flexibility index (Phi) is 5.53. The number of carbonyl (C=O) groups is 1. The van der Waals surface area contributed by atoms with Crippen LogP contribution < -0.4 is 5.43 Å². The van der Waals surface area contributed by atoms with E-state index in [1.165, 1.54) is 16.8 Å². The molecule has 0 bridgehead atoms. The Morgan fingerprint density at radius 3 is 2.54 bits per heavy atom. The van der Waals surface area contributed by atoms with E-state index in [1.54, 1.807) is 36.4 Å². The second-order valence-corrected chi connectivity index (χ2v) is 8.18.